The molecule has 1 aliphatic heterocycles. The molecule has 0 saturated carbocycles. The van der Waals surface area contributed by atoms with Crippen LogP contribution in [0.5, 0.6) is 0 Å². The molecule has 0 spiro atoms. The van der Waals surface area contributed by atoms with Gasteiger partial charge in [-0.2, -0.15) is 0 Å². The van der Waals surface area contributed by atoms with Crippen molar-refractivity contribution in [3.63, 3.8) is 0 Å². The van der Waals surface area contributed by atoms with Crippen LogP contribution in [0, 0.1) is 4.77 Å². The van der Waals surface area contributed by atoms with Gasteiger partial charge in [-0.1, -0.05) is 13.3 Å². The first-order valence-corrected chi connectivity index (χ1v) is 7.37. The molecule has 118 valence electrons. The summed E-state index contributed by atoms with van der Waals surface area (Å²) < 4.78 is 6.95. The molecule has 0 aromatic carbocycles. The van der Waals surface area contributed by atoms with Crippen molar-refractivity contribution in [2.24, 2.45) is 0 Å². The van der Waals surface area contributed by atoms with Crippen LogP contribution in [0.4, 0.5) is 0 Å². The molecule has 1 fully saturated rings. The number of rotatable bonds is 5. The van der Waals surface area contributed by atoms with Crippen molar-refractivity contribution in [2.45, 2.75) is 50.7 Å². The summed E-state index contributed by atoms with van der Waals surface area (Å²) >= 11 is 5.09. The van der Waals surface area contributed by atoms with Crippen molar-refractivity contribution in [2.75, 3.05) is 6.61 Å². The Labute approximate surface area is 126 Å². The number of aliphatic hydroxyl groups excluding tert-OH is 3. The molecule has 1 aliphatic rings. The molecule has 1 aromatic heterocycles. The molecule has 0 aliphatic carbocycles. The first-order valence-electron chi connectivity index (χ1n) is 6.96. The summed E-state index contributed by atoms with van der Waals surface area (Å²) in [5, 5.41) is 28.9. The lowest BCUT2D eigenvalue weighted by Gasteiger charge is -2.19. The van der Waals surface area contributed by atoms with Crippen LogP contribution < -0.4 is 5.56 Å². The molecule has 1 aromatic rings. The van der Waals surface area contributed by atoms with E-state index in [0.717, 1.165) is 12.8 Å². The maximum absolute atomic E-state index is 11.9. The Bertz CT molecular complexity index is 599. The summed E-state index contributed by atoms with van der Waals surface area (Å²) in [6, 6.07) is 0. The van der Waals surface area contributed by atoms with E-state index in [1.807, 2.05) is 6.92 Å². The van der Waals surface area contributed by atoms with Crippen LogP contribution in [-0.2, 0) is 11.2 Å². The van der Waals surface area contributed by atoms with Gasteiger partial charge >= 0.3 is 0 Å². The maximum atomic E-state index is 11.9. The van der Waals surface area contributed by atoms with E-state index in [2.05, 4.69) is 4.98 Å². The van der Waals surface area contributed by atoms with Gasteiger partial charge in [0.15, 0.2) is 11.0 Å². The number of unbranched alkanes of at least 4 members (excludes halogenated alkanes) is 1. The highest BCUT2D eigenvalue weighted by Gasteiger charge is 2.43. The minimum absolute atomic E-state index is 0.107. The van der Waals surface area contributed by atoms with Gasteiger partial charge in [0.05, 0.1) is 6.61 Å². The van der Waals surface area contributed by atoms with E-state index < -0.39 is 31.1 Å². The quantitative estimate of drug-likeness (QED) is 0.563. The van der Waals surface area contributed by atoms with Crippen molar-refractivity contribution in [1.82, 2.24) is 9.55 Å². The lowest BCUT2D eigenvalue weighted by atomic mass is 10.1. The average molecular weight is 316 g/mol. The molecule has 4 N–H and O–H groups in total. The molecular formula is C13H20N2O5S. The summed E-state index contributed by atoms with van der Waals surface area (Å²) in [5.41, 5.74) is 0.291. The first kappa shape index (κ1) is 16.3. The molecule has 2 rings (SSSR count). The van der Waals surface area contributed by atoms with E-state index in [9.17, 15) is 15.0 Å². The van der Waals surface area contributed by atoms with Gasteiger partial charge in [-0.05, 0) is 25.1 Å². The third-order valence-electron chi connectivity index (χ3n) is 3.63. The maximum Gasteiger partial charge on any atom is 0.254 e. The van der Waals surface area contributed by atoms with E-state index in [0.29, 0.717) is 12.0 Å². The van der Waals surface area contributed by atoms with Crippen LogP contribution in [0.15, 0.2) is 11.0 Å². The highest BCUT2D eigenvalue weighted by Crippen LogP contribution is 2.29. The number of nitrogens with zero attached hydrogens (tertiary/aromatic N) is 1. The predicted molar refractivity (Wildman–Crippen MR) is 77.5 cm³/mol. The number of hydrogen-bond acceptors (Lipinski definition) is 6. The molecule has 1 saturated heterocycles. The zero-order chi connectivity index (χ0) is 15.6. The van der Waals surface area contributed by atoms with Gasteiger partial charge in [0.25, 0.3) is 5.56 Å². The molecular weight excluding hydrogens is 296 g/mol. The van der Waals surface area contributed by atoms with Crippen LogP contribution in [0.1, 0.15) is 31.6 Å². The van der Waals surface area contributed by atoms with E-state index in [1.54, 1.807) is 6.20 Å². The smallest absolute Gasteiger partial charge is 0.254 e. The third-order valence-corrected chi connectivity index (χ3v) is 3.95. The van der Waals surface area contributed by atoms with Crippen LogP contribution in [0.2, 0.25) is 0 Å². The second kappa shape index (κ2) is 6.80. The average Bonchev–Trinajstić information content (AvgIpc) is 2.74. The van der Waals surface area contributed by atoms with Crippen LogP contribution in [0.25, 0.3) is 0 Å². The van der Waals surface area contributed by atoms with Crippen LogP contribution in [0.3, 0.4) is 0 Å². The SMILES string of the molecule is CCCCc1cn([C@@H]2O[C@H](CO)[C@@H](O)[C@H]2O)c(=S)[nH]c1=O. The molecule has 4 atom stereocenters. The van der Waals surface area contributed by atoms with E-state index in [1.165, 1.54) is 4.57 Å². The minimum Gasteiger partial charge on any atom is -0.394 e. The van der Waals surface area contributed by atoms with E-state index in [-0.39, 0.29) is 10.3 Å². The lowest BCUT2D eigenvalue weighted by molar-refractivity contribution is -0.0542. The fourth-order valence-corrected chi connectivity index (χ4v) is 2.62. The van der Waals surface area contributed by atoms with Gasteiger partial charge in [-0.15, -0.1) is 0 Å². The Hall–Kier alpha value is -1.06. The Morgan fingerprint density at radius 2 is 2.14 bits per heavy atom. The monoisotopic (exact) mass is 316 g/mol. The van der Waals surface area contributed by atoms with Crippen LogP contribution in [-0.4, -0.2) is 49.8 Å². The number of H-pyrrole nitrogens is 1. The molecule has 0 radical (unpaired) electrons. The Balaban J connectivity index is 2.35. The summed E-state index contributed by atoms with van der Waals surface area (Å²) in [6.07, 6.45) is -0.280. The molecule has 0 amide bonds. The van der Waals surface area contributed by atoms with Gasteiger partial charge in [0, 0.05) is 11.8 Å². The van der Waals surface area contributed by atoms with Crippen LogP contribution >= 0.6 is 12.2 Å². The molecule has 0 bridgehead atoms. The third kappa shape index (κ3) is 3.24. The number of aliphatic hydroxyl groups is 3. The van der Waals surface area contributed by atoms with Crippen molar-refractivity contribution in [3.8, 4) is 0 Å². The van der Waals surface area contributed by atoms with E-state index >= 15 is 0 Å². The highest BCUT2D eigenvalue weighted by atomic mass is 32.1. The van der Waals surface area contributed by atoms with Gasteiger partial charge in [-0.25, -0.2) is 0 Å². The second-order valence-electron chi connectivity index (χ2n) is 5.15. The molecule has 2 heterocycles. The summed E-state index contributed by atoms with van der Waals surface area (Å²) in [7, 11) is 0. The van der Waals surface area contributed by atoms with E-state index in [4.69, 9.17) is 22.1 Å². The van der Waals surface area contributed by atoms with Crippen molar-refractivity contribution in [1.29, 1.82) is 0 Å². The topological polar surface area (TPSA) is 108 Å². The fourth-order valence-electron chi connectivity index (χ4n) is 2.37. The lowest BCUT2D eigenvalue weighted by Crippen LogP contribution is -2.33. The largest absolute Gasteiger partial charge is 0.394 e. The summed E-state index contributed by atoms with van der Waals surface area (Å²) in [5.74, 6) is 0. The molecule has 21 heavy (non-hydrogen) atoms. The molecule has 8 heteroatoms. The zero-order valence-corrected chi connectivity index (χ0v) is 12.5. The van der Waals surface area contributed by atoms with Gasteiger partial charge in [-0.3, -0.25) is 14.3 Å². The standard InChI is InChI=1S/C13H20N2O5S/c1-2-3-4-7-5-15(13(21)14-11(7)19)12-10(18)9(17)8(6-16)20-12/h5,8-10,12,16-18H,2-4,6H2,1H3,(H,14,19,21)/t8-,9-,10-,12-/m1/s1. The first-order chi connectivity index (χ1) is 9.99. The number of aromatic amines is 1. The Morgan fingerprint density at radius 3 is 2.71 bits per heavy atom. The summed E-state index contributed by atoms with van der Waals surface area (Å²) in [6.45, 7) is 1.61. The van der Waals surface area contributed by atoms with Gasteiger partial charge in [0.1, 0.15) is 18.3 Å². The molecule has 7 nitrogen and oxygen atoms in total. The normalized spacial score (nSPS) is 29.0. The van der Waals surface area contributed by atoms with Gasteiger partial charge in [0.2, 0.25) is 0 Å². The fraction of sp³-hybridized carbons (Fsp3) is 0.692. The second-order valence-corrected chi connectivity index (χ2v) is 5.54. The summed E-state index contributed by atoms with van der Waals surface area (Å²) in [4.78, 5) is 14.4. The number of nitrogens with one attached hydrogen (secondary N) is 1. The zero-order valence-electron chi connectivity index (χ0n) is 11.7. The Morgan fingerprint density at radius 1 is 1.43 bits per heavy atom. The molecule has 0 unspecified atom stereocenters. The number of ether oxygens (including phenoxy) is 1. The minimum atomic E-state index is -1.22. The number of hydrogen-bond donors (Lipinski definition) is 4. The number of aryl methyl sites for hydroxylation is 1. The highest BCUT2D eigenvalue weighted by molar-refractivity contribution is 7.71. The predicted octanol–water partition coefficient (Wildman–Crippen LogP) is -0.140. The van der Waals surface area contributed by atoms with Gasteiger partial charge < -0.3 is 20.1 Å². The Kier molecular flexibility index (Phi) is 5.28. The van der Waals surface area contributed by atoms with Crippen molar-refractivity contribution in [3.05, 3.63) is 26.9 Å². The van der Waals surface area contributed by atoms with Crippen molar-refractivity contribution >= 4 is 12.2 Å². The number of aromatic nitrogens is 2. The van der Waals surface area contributed by atoms with Crippen molar-refractivity contribution < 1.29 is 20.1 Å².